The van der Waals surface area contributed by atoms with Gasteiger partial charge >= 0.3 is 0 Å². The molecule has 0 aliphatic rings. The second-order valence-corrected chi connectivity index (χ2v) is 7.84. The van der Waals surface area contributed by atoms with Gasteiger partial charge in [-0.1, -0.05) is 6.92 Å². The maximum atomic E-state index is 11.6. The fourth-order valence-electron chi connectivity index (χ4n) is 2.73. The standard InChI is InChI=1S/C19H20N2O3S/c1-4-13-11-17-14(12-18(13)24-2)9-10-20-19(17)21-15-5-7-16(8-6-15)25(3,22)23/h5-12H,4H2,1-3H3,(H,20,21). The van der Waals surface area contributed by atoms with Crippen molar-refractivity contribution in [3.8, 4) is 5.75 Å². The number of benzene rings is 2. The van der Waals surface area contributed by atoms with Gasteiger partial charge in [0.25, 0.3) is 0 Å². The third-order valence-electron chi connectivity index (χ3n) is 4.09. The largest absolute Gasteiger partial charge is 0.496 e. The van der Waals surface area contributed by atoms with E-state index in [1.807, 2.05) is 12.1 Å². The van der Waals surface area contributed by atoms with Crippen molar-refractivity contribution in [2.75, 3.05) is 18.7 Å². The molecule has 3 rings (SSSR count). The second-order valence-electron chi connectivity index (χ2n) is 5.82. The summed E-state index contributed by atoms with van der Waals surface area (Å²) in [5.74, 6) is 1.59. The lowest BCUT2D eigenvalue weighted by Gasteiger charge is -2.13. The number of hydrogen-bond acceptors (Lipinski definition) is 5. The summed E-state index contributed by atoms with van der Waals surface area (Å²) in [6.07, 6.45) is 3.79. The Balaban J connectivity index is 2.01. The van der Waals surface area contributed by atoms with E-state index in [1.54, 1.807) is 37.6 Å². The normalized spacial score (nSPS) is 11.5. The number of anilines is 2. The molecule has 0 fully saturated rings. The summed E-state index contributed by atoms with van der Waals surface area (Å²) in [6, 6.07) is 12.7. The summed E-state index contributed by atoms with van der Waals surface area (Å²) in [5.41, 5.74) is 1.89. The van der Waals surface area contributed by atoms with Gasteiger partial charge in [-0.05, 0) is 59.8 Å². The molecule has 2 aromatic carbocycles. The summed E-state index contributed by atoms with van der Waals surface area (Å²) in [4.78, 5) is 4.73. The number of pyridine rings is 1. The van der Waals surface area contributed by atoms with E-state index in [0.717, 1.165) is 40.0 Å². The van der Waals surface area contributed by atoms with Crippen LogP contribution in [0.4, 0.5) is 11.5 Å². The molecule has 0 spiro atoms. The average Bonchev–Trinajstić information content (AvgIpc) is 2.60. The number of aromatic nitrogens is 1. The lowest BCUT2D eigenvalue weighted by atomic mass is 10.0. The van der Waals surface area contributed by atoms with Crippen LogP contribution in [0, 0.1) is 0 Å². The van der Waals surface area contributed by atoms with Gasteiger partial charge in [-0.3, -0.25) is 0 Å². The van der Waals surface area contributed by atoms with Crippen LogP contribution in [0.1, 0.15) is 12.5 Å². The van der Waals surface area contributed by atoms with Crippen LogP contribution in [-0.4, -0.2) is 26.8 Å². The van der Waals surface area contributed by atoms with Crippen molar-refractivity contribution in [2.24, 2.45) is 0 Å². The summed E-state index contributed by atoms with van der Waals surface area (Å²) < 4.78 is 28.6. The molecule has 0 unspecified atom stereocenters. The molecule has 0 radical (unpaired) electrons. The van der Waals surface area contributed by atoms with E-state index in [2.05, 4.69) is 23.3 Å². The lowest BCUT2D eigenvalue weighted by molar-refractivity contribution is 0.411. The van der Waals surface area contributed by atoms with Gasteiger partial charge in [0.15, 0.2) is 9.84 Å². The van der Waals surface area contributed by atoms with Gasteiger partial charge in [0, 0.05) is 23.5 Å². The average molecular weight is 356 g/mol. The molecule has 1 N–H and O–H groups in total. The zero-order valence-electron chi connectivity index (χ0n) is 14.4. The smallest absolute Gasteiger partial charge is 0.175 e. The second kappa shape index (κ2) is 6.72. The maximum absolute atomic E-state index is 11.6. The molecule has 130 valence electrons. The molecule has 5 nitrogen and oxygen atoms in total. The highest BCUT2D eigenvalue weighted by Gasteiger charge is 2.10. The minimum Gasteiger partial charge on any atom is -0.496 e. The van der Waals surface area contributed by atoms with Gasteiger partial charge in [-0.25, -0.2) is 13.4 Å². The van der Waals surface area contributed by atoms with E-state index in [-0.39, 0.29) is 0 Å². The van der Waals surface area contributed by atoms with Crippen LogP contribution in [0.5, 0.6) is 5.75 Å². The Hall–Kier alpha value is -2.60. The van der Waals surface area contributed by atoms with Crippen molar-refractivity contribution in [3.05, 3.63) is 54.2 Å². The summed E-state index contributed by atoms with van der Waals surface area (Å²) in [6.45, 7) is 2.08. The Morgan fingerprint density at radius 1 is 1.12 bits per heavy atom. The highest BCUT2D eigenvalue weighted by atomic mass is 32.2. The molecular weight excluding hydrogens is 336 g/mol. The van der Waals surface area contributed by atoms with E-state index in [9.17, 15) is 8.42 Å². The predicted octanol–water partition coefficient (Wildman–Crippen LogP) is 3.95. The van der Waals surface area contributed by atoms with E-state index >= 15 is 0 Å². The number of aryl methyl sites for hydroxylation is 1. The molecule has 6 heteroatoms. The first-order valence-electron chi connectivity index (χ1n) is 7.95. The number of sulfone groups is 1. The first-order chi connectivity index (χ1) is 11.9. The van der Waals surface area contributed by atoms with E-state index in [1.165, 1.54) is 6.26 Å². The third-order valence-corrected chi connectivity index (χ3v) is 5.22. The number of hydrogen-bond donors (Lipinski definition) is 1. The van der Waals surface area contributed by atoms with Crippen molar-refractivity contribution in [3.63, 3.8) is 0 Å². The monoisotopic (exact) mass is 356 g/mol. The first kappa shape index (κ1) is 17.2. The topological polar surface area (TPSA) is 68.3 Å². The van der Waals surface area contributed by atoms with Crippen LogP contribution < -0.4 is 10.1 Å². The molecule has 0 bridgehead atoms. The summed E-state index contributed by atoms with van der Waals surface area (Å²) in [5, 5.41) is 5.29. The van der Waals surface area contributed by atoms with Crippen LogP contribution in [0.3, 0.4) is 0 Å². The Labute approximate surface area is 147 Å². The molecular formula is C19H20N2O3S. The Morgan fingerprint density at radius 3 is 2.44 bits per heavy atom. The molecule has 1 heterocycles. The molecule has 0 saturated heterocycles. The number of fused-ring (bicyclic) bond motifs is 1. The van der Waals surface area contributed by atoms with Crippen LogP contribution in [0.25, 0.3) is 10.8 Å². The SMILES string of the molecule is CCc1cc2c(Nc3ccc(S(C)(=O)=O)cc3)nccc2cc1OC. The van der Waals surface area contributed by atoms with E-state index in [4.69, 9.17) is 4.74 Å². The van der Waals surface area contributed by atoms with Crippen LogP contribution in [0.15, 0.2) is 53.6 Å². The Bertz CT molecular complexity index is 1010. The van der Waals surface area contributed by atoms with Crippen LogP contribution >= 0.6 is 0 Å². The molecule has 0 atom stereocenters. The van der Waals surface area contributed by atoms with Crippen LogP contribution in [0.2, 0.25) is 0 Å². The fourth-order valence-corrected chi connectivity index (χ4v) is 3.36. The Kier molecular flexibility index (Phi) is 4.63. The number of rotatable bonds is 5. The highest BCUT2D eigenvalue weighted by molar-refractivity contribution is 7.90. The molecule has 0 aliphatic carbocycles. The van der Waals surface area contributed by atoms with E-state index < -0.39 is 9.84 Å². The summed E-state index contributed by atoms with van der Waals surface area (Å²) in [7, 11) is -1.53. The zero-order chi connectivity index (χ0) is 18.0. The van der Waals surface area contributed by atoms with Gasteiger partial charge in [0.05, 0.1) is 12.0 Å². The van der Waals surface area contributed by atoms with Crippen molar-refractivity contribution in [2.45, 2.75) is 18.2 Å². The van der Waals surface area contributed by atoms with Gasteiger partial charge in [-0.15, -0.1) is 0 Å². The molecule has 3 aromatic rings. The molecule has 0 amide bonds. The van der Waals surface area contributed by atoms with Gasteiger partial charge in [0.2, 0.25) is 0 Å². The van der Waals surface area contributed by atoms with Crippen molar-refractivity contribution in [1.82, 2.24) is 4.98 Å². The summed E-state index contributed by atoms with van der Waals surface area (Å²) >= 11 is 0. The fraction of sp³-hybridized carbons (Fsp3) is 0.211. The number of nitrogens with zero attached hydrogens (tertiary/aromatic N) is 1. The maximum Gasteiger partial charge on any atom is 0.175 e. The molecule has 25 heavy (non-hydrogen) atoms. The van der Waals surface area contributed by atoms with Crippen LogP contribution in [-0.2, 0) is 16.3 Å². The number of ether oxygens (including phenoxy) is 1. The zero-order valence-corrected chi connectivity index (χ0v) is 15.2. The quantitative estimate of drug-likeness (QED) is 0.749. The van der Waals surface area contributed by atoms with Gasteiger partial charge in [-0.2, -0.15) is 0 Å². The Morgan fingerprint density at radius 2 is 1.84 bits per heavy atom. The first-order valence-corrected chi connectivity index (χ1v) is 9.84. The lowest BCUT2D eigenvalue weighted by Crippen LogP contribution is -1.99. The van der Waals surface area contributed by atoms with Crippen molar-refractivity contribution in [1.29, 1.82) is 0 Å². The molecule has 0 saturated carbocycles. The molecule has 1 aromatic heterocycles. The number of methoxy groups -OCH3 is 1. The third kappa shape index (κ3) is 3.58. The van der Waals surface area contributed by atoms with Crippen molar-refractivity contribution >= 4 is 32.1 Å². The minimum atomic E-state index is -3.20. The van der Waals surface area contributed by atoms with Gasteiger partial charge < -0.3 is 10.1 Å². The highest BCUT2D eigenvalue weighted by Crippen LogP contribution is 2.31. The predicted molar refractivity (Wildman–Crippen MR) is 101 cm³/mol. The molecule has 0 aliphatic heterocycles. The van der Waals surface area contributed by atoms with E-state index in [0.29, 0.717) is 4.90 Å². The van der Waals surface area contributed by atoms with Gasteiger partial charge in [0.1, 0.15) is 11.6 Å². The van der Waals surface area contributed by atoms with Crippen molar-refractivity contribution < 1.29 is 13.2 Å². The minimum absolute atomic E-state index is 0.293. The number of nitrogens with one attached hydrogen (secondary N) is 1.